The first-order valence-electron chi connectivity index (χ1n) is 5.40. The summed E-state index contributed by atoms with van der Waals surface area (Å²) < 4.78 is 10.1. The Morgan fingerprint density at radius 2 is 2.29 bits per heavy atom. The zero-order valence-corrected chi connectivity index (χ0v) is 11.4. The minimum atomic E-state index is -0.418. The van der Waals surface area contributed by atoms with Crippen molar-refractivity contribution in [1.82, 2.24) is 4.98 Å². The Bertz CT molecular complexity index is 377. The normalized spacial score (nSPS) is 11.3. The molecule has 6 heteroatoms. The number of thiazole rings is 1. The summed E-state index contributed by atoms with van der Waals surface area (Å²) in [5, 5.41) is 5.50. The summed E-state index contributed by atoms with van der Waals surface area (Å²) in [6.07, 6.45) is 0. The first-order valence-corrected chi connectivity index (χ1v) is 6.28. The van der Waals surface area contributed by atoms with Gasteiger partial charge in [0.1, 0.15) is 0 Å². The number of hydrogen-bond acceptors (Lipinski definition) is 6. The lowest BCUT2D eigenvalue weighted by Gasteiger charge is -2.24. The van der Waals surface area contributed by atoms with Gasteiger partial charge < -0.3 is 14.8 Å². The van der Waals surface area contributed by atoms with Crippen molar-refractivity contribution >= 4 is 22.4 Å². The number of methoxy groups -OCH3 is 1. The van der Waals surface area contributed by atoms with Crippen LogP contribution in [0, 0.1) is 0 Å². The van der Waals surface area contributed by atoms with Crippen LogP contribution in [0.25, 0.3) is 0 Å². The van der Waals surface area contributed by atoms with Crippen LogP contribution in [0.1, 0.15) is 31.3 Å². The van der Waals surface area contributed by atoms with Crippen LogP contribution in [0.15, 0.2) is 5.38 Å². The van der Waals surface area contributed by atoms with Crippen LogP contribution >= 0.6 is 11.3 Å². The summed E-state index contributed by atoms with van der Waals surface area (Å²) in [5.41, 5.74) is 0.0699. The quantitative estimate of drug-likeness (QED) is 0.792. The molecular formula is C11H18N2O3S. The van der Waals surface area contributed by atoms with Crippen molar-refractivity contribution in [3.05, 3.63) is 11.1 Å². The molecular weight excluding hydrogens is 240 g/mol. The zero-order chi connectivity index (χ0) is 12.9. The maximum atomic E-state index is 11.2. The Morgan fingerprint density at radius 1 is 1.59 bits per heavy atom. The standard InChI is InChI=1S/C11H18N2O3S/c1-5-16-11(2,3)7-12-10-13-8(6-17-10)9(14)15-4/h6H,5,7H2,1-4H3,(H,12,13). The van der Waals surface area contributed by atoms with Crippen LogP contribution in [0.2, 0.25) is 0 Å². The van der Waals surface area contributed by atoms with Gasteiger partial charge in [0.25, 0.3) is 0 Å². The summed E-state index contributed by atoms with van der Waals surface area (Å²) in [4.78, 5) is 15.3. The molecule has 0 amide bonds. The van der Waals surface area contributed by atoms with Crippen LogP contribution in [0.4, 0.5) is 5.13 Å². The minimum Gasteiger partial charge on any atom is -0.464 e. The number of anilines is 1. The van der Waals surface area contributed by atoms with Gasteiger partial charge in [-0.25, -0.2) is 9.78 Å². The molecule has 0 bridgehead atoms. The summed E-state index contributed by atoms with van der Waals surface area (Å²) in [6, 6.07) is 0. The van der Waals surface area contributed by atoms with E-state index in [-0.39, 0.29) is 5.60 Å². The third kappa shape index (κ3) is 4.32. The number of hydrogen-bond donors (Lipinski definition) is 1. The van der Waals surface area contributed by atoms with E-state index >= 15 is 0 Å². The van der Waals surface area contributed by atoms with Crippen LogP contribution in [-0.4, -0.2) is 36.8 Å². The van der Waals surface area contributed by atoms with Crippen LogP contribution in [-0.2, 0) is 9.47 Å². The van der Waals surface area contributed by atoms with Crippen molar-refractivity contribution in [2.75, 3.05) is 25.6 Å². The van der Waals surface area contributed by atoms with Gasteiger partial charge in [0.05, 0.1) is 12.7 Å². The molecule has 0 aliphatic carbocycles. The third-order valence-electron chi connectivity index (χ3n) is 2.10. The molecule has 0 aliphatic rings. The van der Waals surface area contributed by atoms with Gasteiger partial charge in [0, 0.05) is 18.5 Å². The molecule has 1 rings (SSSR count). The molecule has 1 aromatic rings. The number of carbonyl (C=O) groups is 1. The Hall–Kier alpha value is -1.14. The van der Waals surface area contributed by atoms with E-state index in [1.165, 1.54) is 18.4 Å². The van der Waals surface area contributed by atoms with Crippen molar-refractivity contribution in [3.8, 4) is 0 Å². The topological polar surface area (TPSA) is 60.5 Å². The number of rotatable bonds is 6. The van der Waals surface area contributed by atoms with E-state index in [0.717, 1.165) is 0 Å². The Balaban J connectivity index is 2.53. The van der Waals surface area contributed by atoms with Gasteiger partial charge in [-0.3, -0.25) is 0 Å². The minimum absolute atomic E-state index is 0.258. The van der Waals surface area contributed by atoms with Gasteiger partial charge >= 0.3 is 5.97 Å². The summed E-state index contributed by atoms with van der Waals surface area (Å²) >= 11 is 1.37. The van der Waals surface area contributed by atoms with Crippen LogP contribution in [0.5, 0.6) is 0 Å². The van der Waals surface area contributed by atoms with Gasteiger partial charge in [-0.05, 0) is 20.8 Å². The monoisotopic (exact) mass is 258 g/mol. The van der Waals surface area contributed by atoms with E-state index in [2.05, 4.69) is 15.0 Å². The lowest BCUT2D eigenvalue weighted by atomic mass is 10.1. The number of nitrogens with zero attached hydrogens (tertiary/aromatic N) is 1. The van der Waals surface area contributed by atoms with Crippen molar-refractivity contribution in [1.29, 1.82) is 0 Å². The van der Waals surface area contributed by atoms with Gasteiger partial charge in [-0.2, -0.15) is 0 Å². The Labute approximate surface area is 105 Å². The highest BCUT2D eigenvalue weighted by atomic mass is 32.1. The fourth-order valence-corrected chi connectivity index (χ4v) is 1.96. The lowest BCUT2D eigenvalue weighted by Crippen LogP contribution is -2.33. The second-order valence-electron chi connectivity index (χ2n) is 4.08. The number of ether oxygens (including phenoxy) is 2. The van der Waals surface area contributed by atoms with E-state index in [0.29, 0.717) is 24.0 Å². The van der Waals surface area contributed by atoms with Gasteiger partial charge in [-0.15, -0.1) is 11.3 Å². The van der Waals surface area contributed by atoms with Gasteiger partial charge in [-0.1, -0.05) is 0 Å². The second kappa shape index (κ2) is 5.97. The summed E-state index contributed by atoms with van der Waals surface area (Å²) in [5.74, 6) is -0.418. The van der Waals surface area contributed by atoms with E-state index in [1.54, 1.807) is 5.38 Å². The maximum Gasteiger partial charge on any atom is 0.357 e. The molecule has 17 heavy (non-hydrogen) atoms. The molecule has 1 aromatic heterocycles. The first kappa shape index (κ1) is 13.9. The number of nitrogens with one attached hydrogen (secondary N) is 1. The molecule has 0 saturated heterocycles. The summed E-state index contributed by atoms with van der Waals surface area (Å²) in [6.45, 7) is 7.26. The fourth-order valence-electron chi connectivity index (χ4n) is 1.28. The highest BCUT2D eigenvalue weighted by Crippen LogP contribution is 2.18. The lowest BCUT2D eigenvalue weighted by molar-refractivity contribution is 0.000695. The molecule has 0 saturated carbocycles. The van der Waals surface area contributed by atoms with E-state index in [9.17, 15) is 4.79 Å². The highest BCUT2D eigenvalue weighted by molar-refractivity contribution is 7.13. The molecule has 0 unspecified atom stereocenters. The average molecular weight is 258 g/mol. The van der Waals surface area contributed by atoms with Crippen molar-refractivity contribution in [2.45, 2.75) is 26.4 Å². The fraction of sp³-hybridized carbons (Fsp3) is 0.636. The van der Waals surface area contributed by atoms with Crippen molar-refractivity contribution in [3.63, 3.8) is 0 Å². The molecule has 0 aliphatic heterocycles. The summed E-state index contributed by atoms with van der Waals surface area (Å²) in [7, 11) is 1.34. The van der Waals surface area contributed by atoms with Crippen LogP contribution < -0.4 is 5.32 Å². The molecule has 0 radical (unpaired) electrons. The SMILES string of the molecule is CCOC(C)(C)CNc1nc(C(=O)OC)cs1. The van der Waals surface area contributed by atoms with Gasteiger partial charge in [0.15, 0.2) is 10.8 Å². The molecule has 0 spiro atoms. The van der Waals surface area contributed by atoms with E-state index in [4.69, 9.17) is 4.74 Å². The number of aromatic nitrogens is 1. The van der Waals surface area contributed by atoms with E-state index < -0.39 is 5.97 Å². The number of carbonyl (C=O) groups excluding carboxylic acids is 1. The molecule has 0 aromatic carbocycles. The highest BCUT2D eigenvalue weighted by Gasteiger charge is 2.18. The van der Waals surface area contributed by atoms with Crippen LogP contribution in [0.3, 0.4) is 0 Å². The van der Waals surface area contributed by atoms with Crippen molar-refractivity contribution < 1.29 is 14.3 Å². The smallest absolute Gasteiger partial charge is 0.357 e. The zero-order valence-electron chi connectivity index (χ0n) is 10.6. The molecule has 1 N–H and O–H groups in total. The largest absolute Gasteiger partial charge is 0.464 e. The predicted molar refractivity (Wildman–Crippen MR) is 67.6 cm³/mol. The molecule has 5 nitrogen and oxygen atoms in total. The average Bonchev–Trinajstić information content (AvgIpc) is 2.74. The second-order valence-corrected chi connectivity index (χ2v) is 4.93. The first-order chi connectivity index (χ1) is 7.98. The molecule has 1 heterocycles. The van der Waals surface area contributed by atoms with E-state index in [1.807, 2.05) is 20.8 Å². The number of esters is 1. The van der Waals surface area contributed by atoms with Gasteiger partial charge in [0.2, 0.25) is 0 Å². The molecule has 0 atom stereocenters. The predicted octanol–water partition coefficient (Wildman–Crippen LogP) is 2.16. The van der Waals surface area contributed by atoms with Crippen molar-refractivity contribution in [2.24, 2.45) is 0 Å². The molecule has 0 fully saturated rings. The Kier molecular flexibility index (Phi) is 4.89. The third-order valence-corrected chi connectivity index (χ3v) is 2.90. The Morgan fingerprint density at radius 3 is 2.88 bits per heavy atom. The maximum absolute atomic E-state index is 11.2. The molecule has 96 valence electrons.